The molecular weight excluding hydrogens is 258 g/mol. The van der Waals surface area contributed by atoms with Crippen LogP contribution in [0.5, 0.6) is 5.75 Å². The Labute approximate surface area is 128 Å². The molecule has 0 saturated carbocycles. The molecule has 2 aromatic rings. The smallest absolute Gasteiger partial charge is 0.119 e. The molecule has 2 heteroatoms. The average molecular weight is 283 g/mol. The van der Waals surface area contributed by atoms with E-state index in [0.29, 0.717) is 12.5 Å². The van der Waals surface area contributed by atoms with Gasteiger partial charge >= 0.3 is 0 Å². The minimum atomic E-state index is 0.209. The summed E-state index contributed by atoms with van der Waals surface area (Å²) in [6.07, 6.45) is 1.16. The van der Waals surface area contributed by atoms with Crippen molar-refractivity contribution < 1.29 is 4.74 Å². The fourth-order valence-corrected chi connectivity index (χ4v) is 2.34. The van der Waals surface area contributed by atoms with E-state index in [-0.39, 0.29) is 6.04 Å². The predicted molar refractivity (Wildman–Crippen MR) is 88.9 cm³/mol. The van der Waals surface area contributed by atoms with Crippen LogP contribution in [0.2, 0.25) is 0 Å². The molecular formula is C19H25NO. The molecule has 0 aromatic heterocycles. The van der Waals surface area contributed by atoms with Crippen LogP contribution in [-0.4, -0.2) is 13.7 Å². The van der Waals surface area contributed by atoms with Crippen LogP contribution < -0.4 is 10.1 Å². The molecule has 0 spiro atoms. The highest BCUT2D eigenvalue weighted by Gasteiger charge is 2.09. The van der Waals surface area contributed by atoms with Gasteiger partial charge in [0.05, 0.1) is 6.04 Å². The summed E-state index contributed by atoms with van der Waals surface area (Å²) in [7, 11) is 1.97. The van der Waals surface area contributed by atoms with Crippen LogP contribution in [0.1, 0.15) is 43.4 Å². The average Bonchev–Trinajstić information content (AvgIpc) is 2.56. The molecule has 0 saturated heterocycles. The van der Waals surface area contributed by atoms with E-state index in [0.717, 1.165) is 12.2 Å². The van der Waals surface area contributed by atoms with Crippen LogP contribution in [0, 0.1) is 0 Å². The molecule has 2 aromatic carbocycles. The molecule has 2 atom stereocenters. The summed E-state index contributed by atoms with van der Waals surface area (Å²) in [5, 5.41) is 3.30. The third kappa shape index (κ3) is 4.33. The Morgan fingerprint density at radius 2 is 1.62 bits per heavy atom. The standard InChI is InChI=1S/C19H25NO/c1-4-15(2)16-10-12-18(13-11-16)21-14-19(20-3)17-8-6-5-7-9-17/h5-13,15,19-20H,4,14H2,1-3H3. The van der Waals surface area contributed by atoms with E-state index >= 15 is 0 Å². The van der Waals surface area contributed by atoms with E-state index in [9.17, 15) is 0 Å². The van der Waals surface area contributed by atoms with Crippen molar-refractivity contribution in [1.82, 2.24) is 5.32 Å². The quantitative estimate of drug-likeness (QED) is 0.805. The number of benzene rings is 2. The van der Waals surface area contributed by atoms with Crippen molar-refractivity contribution in [2.45, 2.75) is 32.2 Å². The maximum Gasteiger partial charge on any atom is 0.119 e. The van der Waals surface area contributed by atoms with Gasteiger partial charge in [0.2, 0.25) is 0 Å². The molecule has 2 unspecified atom stereocenters. The Kier molecular flexibility index (Phi) is 5.82. The second-order valence-corrected chi connectivity index (χ2v) is 5.44. The fraction of sp³-hybridized carbons (Fsp3) is 0.368. The van der Waals surface area contributed by atoms with Crippen molar-refractivity contribution in [1.29, 1.82) is 0 Å². The Bertz CT molecular complexity index is 521. The monoisotopic (exact) mass is 283 g/mol. The van der Waals surface area contributed by atoms with E-state index in [1.54, 1.807) is 0 Å². The third-order valence-electron chi connectivity index (χ3n) is 4.03. The first-order chi connectivity index (χ1) is 10.2. The normalized spacial score (nSPS) is 13.7. The molecule has 0 amide bonds. The molecule has 21 heavy (non-hydrogen) atoms. The van der Waals surface area contributed by atoms with Crippen LogP contribution >= 0.6 is 0 Å². The van der Waals surface area contributed by atoms with Gasteiger partial charge in [-0.15, -0.1) is 0 Å². The summed E-state index contributed by atoms with van der Waals surface area (Å²) in [4.78, 5) is 0. The van der Waals surface area contributed by atoms with Gasteiger partial charge in [-0.2, -0.15) is 0 Å². The molecule has 0 aliphatic rings. The molecule has 0 heterocycles. The largest absolute Gasteiger partial charge is 0.492 e. The molecule has 0 aliphatic carbocycles. The molecule has 2 rings (SSSR count). The summed E-state index contributed by atoms with van der Waals surface area (Å²) < 4.78 is 5.92. The van der Waals surface area contributed by atoms with Crippen molar-refractivity contribution in [3.05, 3.63) is 65.7 Å². The molecule has 0 bridgehead atoms. The van der Waals surface area contributed by atoms with Crippen LogP contribution in [0.15, 0.2) is 54.6 Å². The Morgan fingerprint density at radius 3 is 2.19 bits per heavy atom. The van der Waals surface area contributed by atoms with E-state index in [4.69, 9.17) is 4.74 Å². The highest BCUT2D eigenvalue weighted by atomic mass is 16.5. The van der Waals surface area contributed by atoms with E-state index in [1.165, 1.54) is 11.1 Å². The second kappa shape index (κ2) is 7.84. The van der Waals surface area contributed by atoms with Gasteiger partial charge < -0.3 is 10.1 Å². The Balaban J connectivity index is 1.95. The number of hydrogen-bond donors (Lipinski definition) is 1. The topological polar surface area (TPSA) is 21.3 Å². The van der Waals surface area contributed by atoms with Gasteiger partial charge in [0.15, 0.2) is 0 Å². The van der Waals surface area contributed by atoms with Crippen LogP contribution in [0.4, 0.5) is 0 Å². The number of rotatable bonds is 7. The van der Waals surface area contributed by atoms with Gasteiger partial charge in [-0.25, -0.2) is 0 Å². The molecule has 112 valence electrons. The number of likely N-dealkylation sites (N-methyl/N-ethyl adjacent to an activating group) is 1. The van der Waals surface area contributed by atoms with Gasteiger partial charge in [-0.3, -0.25) is 0 Å². The van der Waals surface area contributed by atoms with Crippen molar-refractivity contribution in [3.8, 4) is 5.75 Å². The van der Waals surface area contributed by atoms with E-state index in [1.807, 2.05) is 13.1 Å². The zero-order chi connectivity index (χ0) is 15.1. The van der Waals surface area contributed by atoms with Crippen LogP contribution in [0.25, 0.3) is 0 Å². The summed E-state index contributed by atoms with van der Waals surface area (Å²) in [5.41, 5.74) is 2.62. The van der Waals surface area contributed by atoms with E-state index in [2.05, 4.69) is 67.7 Å². The minimum absolute atomic E-state index is 0.209. The lowest BCUT2D eigenvalue weighted by Gasteiger charge is -2.18. The Morgan fingerprint density at radius 1 is 0.952 bits per heavy atom. The number of nitrogens with one attached hydrogen (secondary N) is 1. The minimum Gasteiger partial charge on any atom is -0.492 e. The van der Waals surface area contributed by atoms with Crippen molar-refractivity contribution in [2.24, 2.45) is 0 Å². The zero-order valence-corrected chi connectivity index (χ0v) is 13.2. The molecule has 0 fully saturated rings. The lowest BCUT2D eigenvalue weighted by Crippen LogP contribution is -2.23. The maximum absolute atomic E-state index is 5.92. The first-order valence-corrected chi connectivity index (χ1v) is 7.69. The summed E-state index contributed by atoms with van der Waals surface area (Å²) in [5.74, 6) is 1.53. The van der Waals surface area contributed by atoms with Gasteiger partial charge in [0.1, 0.15) is 12.4 Å². The predicted octanol–water partition coefficient (Wildman–Crippen LogP) is 4.54. The zero-order valence-electron chi connectivity index (χ0n) is 13.2. The third-order valence-corrected chi connectivity index (χ3v) is 4.03. The second-order valence-electron chi connectivity index (χ2n) is 5.44. The first kappa shape index (κ1) is 15.6. The van der Waals surface area contributed by atoms with Gasteiger partial charge in [-0.05, 0) is 42.6 Å². The lowest BCUT2D eigenvalue weighted by atomic mass is 9.99. The Hall–Kier alpha value is -1.80. The molecule has 0 aliphatic heterocycles. The van der Waals surface area contributed by atoms with Gasteiger partial charge in [0.25, 0.3) is 0 Å². The van der Waals surface area contributed by atoms with Crippen molar-refractivity contribution in [3.63, 3.8) is 0 Å². The summed E-state index contributed by atoms with van der Waals surface area (Å²) in [6.45, 7) is 5.10. The lowest BCUT2D eigenvalue weighted by molar-refractivity contribution is 0.273. The van der Waals surface area contributed by atoms with Crippen LogP contribution in [0.3, 0.4) is 0 Å². The van der Waals surface area contributed by atoms with Crippen molar-refractivity contribution in [2.75, 3.05) is 13.7 Å². The van der Waals surface area contributed by atoms with Gasteiger partial charge in [-0.1, -0.05) is 56.3 Å². The number of hydrogen-bond acceptors (Lipinski definition) is 2. The first-order valence-electron chi connectivity index (χ1n) is 7.69. The highest BCUT2D eigenvalue weighted by molar-refractivity contribution is 5.29. The SMILES string of the molecule is CCC(C)c1ccc(OCC(NC)c2ccccc2)cc1. The van der Waals surface area contributed by atoms with Gasteiger partial charge in [0, 0.05) is 0 Å². The summed E-state index contributed by atoms with van der Waals surface area (Å²) in [6, 6.07) is 19.1. The summed E-state index contributed by atoms with van der Waals surface area (Å²) >= 11 is 0. The molecule has 2 nitrogen and oxygen atoms in total. The van der Waals surface area contributed by atoms with E-state index < -0.39 is 0 Å². The highest BCUT2D eigenvalue weighted by Crippen LogP contribution is 2.22. The fourth-order valence-electron chi connectivity index (χ4n) is 2.34. The van der Waals surface area contributed by atoms with Crippen LogP contribution in [-0.2, 0) is 0 Å². The maximum atomic E-state index is 5.92. The van der Waals surface area contributed by atoms with Crippen molar-refractivity contribution >= 4 is 0 Å². The molecule has 0 radical (unpaired) electrons. The number of ether oxygens (including phenoxy) is 1. The molecule has 1 N–H and O–H groups in total.